The second-order valence-corrected chi connectivity index (χ2v) is 16.3. The van der Waals surface area contributed by atoms with Gasteiger partial charge in [0, 0.05) is 22.0 Å². The molecule has 0 spiro atoms. The van der Waals surface area contributed by atoms with Gasteiger partial charge in [-0.25, -0.2) is 4.57 Å². The minimum atomic E-state index is -4.56. The summed E-state index contributed by atoms with van der Waals surface area (Å²) in [5.74, 6) is -1.62. The maximum atomic E-state index is 13.0. The lowest BCUT2D eigenvalue weighted by Gasteiger charge is -2.32. The Labute approximate surface area is 239 Å². The Kier molecular flexibility index (Phi) is 14.4. The van der Waals surface area contributed by atoms with Gasteiger partial charge in [0.15, 0.2) is 6.10 Å². The first-order valence-electron chi connectivity index (χ1n) is 12.6. The summed E-state index contributed by atoms with van der Waals surface area (Å²) in [4.78, 5) is 47.4. The number of esters is 2. The Balaban J connectivity index is 5.37. The summed E-state index contributed by atoms with van der Waals surface area (Å²) in [5.41, 5.74) is -1.83. The van der Waals surface area contributed by atoms with Crippen LogP contribution in [0.2, 0.25) is 0 Å². The number of thiol groups is 2. The fourth-order valence-corrected chi connectivity index (χ4v) is 5.39. The number of rotatable bonds is 17. The number of hydrogen-bond acceptors (Lipinski definition) is 10. The predicted octanol–water partition coefficient (Wildman–Crippen LogP) is 4.60. The Hall–Kier alpha value is -0.780. The monoisotopic (exact) mass is 601 g/mol. The molecule has 0 fully saturated rings. The van der Waals surface area contributed by atoms with E-state index in [9.17, 15) is 23.8 Å². The number of phosphoric acid groups is 1. The molecule has 0 heterocycles. The molecule has 0 rings (SSSR count). The third kappa shape index (κ3) is 16.4. The molecule has 1 amide bonds. The molecule has 0 saturated carbocycles. The number of amides is 1. The van der Waals surface area contributed by atoms with Crippen LogP contribution >= 0.6 is 33.1 Å². The number of hydrogen-bond donors (Lipinski definition) is 4. The van der Waals surface area contributed by atoms with Crippen LogP contribution in [-0.2, 0) is 37.5 Å². The second-order valence-electron chi connectivity index (χ2n) is 12.4. The topological polar surface area (TPSA) is 137 Å². The van der Waals surface area contributed by atoms with E-state index in [0.717, 1.165) is 0 Å². The van der Waals surface area contributed by atoms with E-state index in [1.54, 1.807) is 41.5 Å². The lowest BCUT2D eigenvalue weighted by atomic mass is 9.83. The fourth-order valence-electron chi connectivity index (χ4n) is 3.85. The van der Waals surface area contributed by atoms with Crippen molar-refractivity contribution in [2.45, 2.75) is 97.7 Å². The lowest BCUT2D eigenvalue weighted by Crippen LogP contribution is -2.39. The molecule has 38 heavy (non-hydrogen) atoms. The van der Waals surface area contributed by atoms with Gasteiger partial charge in [0.2, 0.25) is 5.91 Å². The van der Waals surface area contributed by atoms with Gasteiger partial charge in [0.05, 0.1) is 24.0 Å². The molecule has 13 heteroatoms. The summed E-state index contributed by atoms with van der Waals surface area (Å²) in [7, 11) is -4.56. The van der Waals surface area contributed by atoms with E-state index < -0.39 is 59.4 Å². The molecule has 10 nitrogen and oxygen atoms in total. The Morgan fingerprint density at radius 3 is 1.76 bits per heavy atom. The molecule has 224 valence electrons. The molecular weight excluding hydrogens is 553 g/mol. The van der Waals surface area contributed by atoms with Crippen LogP contribution in [0.25, 0.3) is 0 Å². The van der Waals surface area contributed by atoms with Gasteiger partial charge in [-0.15, -0.1) is 0 Å². The first-order chi connectivity index (χ1) is 16.9. The molecule has 0 aliphatic carbocycles. The third-order valence-electron chi connectivity index (χ3n) is 5.13. The van der Waals surface area contributed by atoms with Crippen LogP contribution in [0.1, 0.15) is 82.1 Å². The zero-order valence-electron chi connectivity index (χ0n) is 24.5. The predicted molar refractivity (Wildman–Crippen MR) is 153 cm³/mol. The quantitative estimate of drug-likeness (QED) is 0.0816. The molecule has 0 radical (unpaired) electrons. The standard InChI is InChI=1S/C25H48NO9PS2/c1-17(2)19(27)26-11-12-33-36(30,31)34-14-18(35-21(29)23(5,6)16-25(9,10)38)13-32-20(28)22(3,4)15-24(7,8)37/h17-18,37-38H,11-16H2,1-10H3,(H,26,27)(H,30,31). The van der Waals surface area contributed by atoms with Gasteiger partial charge in [-0.05, 0) is 40.5 Å². The highest BCUT2D eigenvalue weighted by molar-refractivity contribution is 7.81. The largest absolute Gasteiger partial charge is 0.472 e. The molecule has 0 aromatic carbocycles. The van der Waals surface area contributed by atoms with Crippen LogP contribution in [0.5, 0.6) is 0 Å². The van der Waals surface area contributed by atoms with Gasteiger partial charge in [0.25, 0.3) is 0 Å². The second kappa shape index (κ2) is 14.7. The summed E-state index contributed by atoms with van der Waals surface area (Å²) in [6.07, 6.45) is -0.387. The molecule has 0 aromatic rings. The zero-order chi connectivity index (χ0) is 30.2. The van der Waals surface area contributed by atoms with Gasteiger partial charge in [0.1, 0.15) is 6.61 Å². The first-order valence-corrected chi connectivity index (χ1v) is 15.0. The van der Waals surface area contributed by atoms with Crippen LogP contribution in [0.3, 0.4) is 0 Å². The van der Waals surface area contributed by atoms with Crippen molar-refractivity contribution in [1.29, 1.82) is 0 Å². The average Bonchev–Trinajstić information content (AvgIpc) is 2.68. The van der Waals surface area contributed by atoms with Gasteiger partial charge < -0.3 is 19.7 Å². The molecule has 2 N–H and O–H groups in total. The van der Waals surface area contributed by atoms with Crippen molar-refractivity contribution in [3.05, 3.63) is 0 Å². The van der Waals surface area contributed by atoms with E-state index in [4.69, 9.17) is 18.5 Å². The Bertz CT molecular complexity index is 849. The molecule has 2 atom stereocenters. The molecule has 0 bridgehead atoms. The number of phosphoric ester groups is 1. The number of carbonyl (C=O) groups is 3. The molecule has 0 aromatic heterocycles. The summed E-state index contributed by atoms with van der Waals surface area (Å²) in [6, 6.07) is 0. The minimum absolute atomic E-state index is 0.00519. The molecule has 0 saturated heterocycles. The minimum Gasteiger partial charge on any atom is -0.461 e. The lowest BCUT2D eigenvalue weighted by molar-refractivity contribution is -0.172. The highest BCUT2D eigenvalue weighted by Crippen LogP contribution is 2.43. The smallest absolute Gasteiger partial charge is 0.461 e. The van der Waals surface area contributed by atoms with Gasteiger partial charge in [-0.1, -0.05) is 41.5 Å². The van der Waals surface area contributed by atoms with E-state index >= 15 is 0 Å². The zero-order valence-corrected chi connectivity index (χ0v) is 27.1. The third-order valence-corrected chi connectivity index (χ3v) is 6.43. The van der Waals surface area contributed by atoms with Crippen LogP contribution in [0.4, 0.5) is 0 Å². The van der Waals surface area contributed by atoms with Crippen LogP contribution in [0.15, 0.2) is 0 Å². The van der Waals surface area contributed by atoms with E-state index in [1.165, 1.54) is 0 Å². The van der Waals surface area contributed by atoms with E-state index in [1.807, 2.05) is 27.7 Å². The molecular formula is C25H48NO9PS2. The maximum absolute atomic E-state index is 13.0. The SMILES string of the molecule is CC(C)C(=O)NCCOP(=O)(O)OCC(COC(=O)C(C)(C)CC(C)(C)S)OC(=O)C(C)(C)CC(C)(C)S. The highest BCUT2D eigenvalue weighted by Gasteiger charge is 2.38. The number of carbonyl (C=O) groups excluding carboxylic acids is 3. The van der Waals surface area contributed by atoms with Crippen molar-refractivity contribution in [1.82, 2.24) is 5.32 Å². The fraction of sp³-hybridized carbons (Fsp3) is 0.880. The van der Waals surface area contributed by atoms with Crippen molar-refractivity contribution in [2.24, 2.45) is 16.7 Å². The highest BCUT2D eigenvalue weighted by atomic mass is 32.1. The van der Waals surface area contributed by atoms with Crippen molar-refractivity contribution in [3.8, 4) is 0 Å². The van der Waals surface area contributed by atoms with Crippen molar-refractivity contribution < 1.29 is 42.4 Å². The molecule has 2 unspecified atom stereocenters. The van der Waals surface area contributed by atoms with E-state index in [0.29, 0.717) is 12.8 Å². The van der Waals surface area contributed by atoms with Crippen LogP contribution < -0.4 is 5.32 Å². The van der Waals surface area contributed by atoms with Gasteiger partial charge in [-0.3, -0.25) is 23.4 Å². The maximum Gasteiger partial charge on any atom is 0.472 e. The number of nitrogens with one attached hydrogen (secondary N) is 1. The average molecular weight is 602 g/mol. The van der Waals surface area contributed by atoms with Crippen molar-refractivity contribution in [3.63, 3.8) is 0 Å². The summed E-state index contributed by atoms with van der Waals surface area (Å²) in [5, 5.41) is 2.55. The van der Waals surface area contributed by atoms with Crippen LogP contribution in [-0.4, -0.2) is 64.7 Å². The molecule has 0 aliphatic heterocycles. The van der Waals surface area contributed by atoms with E-state index in [-0.39, 0.29) is 25.0 Å². The van der Waals surface area contributed by atoms with Crippen molar-refractivity contribution in [2.75, 3.05) is 26.4 Å². The van der Waals surface area contributed by atoms with Crippen molar-refractivity contribution >= 4 is 50.9 Å². The summed E-state index contributed by atoms with van der Waals surface area (Å²) < 4.78 is 32.4. The summed E-state index contributed by atoms with van der Waals surface area (Å²) in [6.45, 7) is 16.5. The normalized spacial score (nSPS) is 15.5. The molecule has 0 aliphatic rings. The Morgan fingerprint density at radius 1 is 0.842 bits per heavy atom. The Morgan fingerprint density at radius 2 is 1.32 bits per heavy atom. The van der Waals surface area contributed by atoms with E-state index in [2.05, 4.69) is 30.6 Å². The first kappa shape index (κ1) is 37.2. The van der Waals surface area contributed by atoms with Gasteiger partial charge >= 0.3 is 19.8 Å². The van der Waals surface area contributed by atoms with Gasteiger partial charge in [-0.2, -0.15) is 25.3 Å². The number of ether oxygens (including phenoxy) is 2. The van der Waals surface area contributed by atoms with Crippen LogP contribution in [0, 0.1) is 16.7 Å². The summed E-state index contributed by atoms with van der Waals surface area (Å²) >= 11 is 8.97.